The third kappa shape index (κ3) is 3.45. The van der Waals surface area contributed by atoms with Crippen LogP contribution >= 0.6 is 22.7 Å². The average molecular weight is 310 g/mol. The van der Waals surface area contributed by atoms with Gasteiger partial charge >= 0.3 is 0 Å². The molecule has 3 rings (SSSR count). The summed E-state index contributed by atoms with van der Waals surface area (Å²) in [5.41, 5.74) is 2.97. The van der Waals surface area contributed by atoms with Gasteiger partial charge in [-0.1, -0.05) is 6.07 Å². The second-order valence-electron chi connectivity index (χ2n) is 4.95. The van der Waals surface area contributed by atoms with Crippen molar-refractivity contribution in [2.24, 2.45) is 0 Å². The van der Waals surface area contributed by atoms with Crippen LogP contribution in [-0.2, 0) is 11.3 Å². The zero-order chi connectivity index (χ0) is 13.8. The number of aliphatic hydroxyl groups is 1. The Morgan fingerprint density at radius 1 is 1.55 bits per heavy atom. The van der Waals surface area contributed by atoms with Crippen molar-refractivity contribution in [1.29, 1.82) is 0 Å². The molecular formula is C14H18N2O2S2. The number of rotatable bonds is 5. The van der Waals surface area contributed by atoms with Gasteiger partial charge in [0, 0.05) is 29.4 Å². The maximum absolute atomic E-state index is 10.3. The molecule has 2 aromatic heterocycles. The molecule has 2 atom stereocenters. The summed E-state index contributed by atoms with van der Waals surface area (Å²) in [4.78, 5) is 7.75. The molecule has 0 bridgehead atoms. The van der Waals surface area contributed by atoms with Gasteiger partial charge in [0.05, 0.1) is 30.5 Å². The number of hydrogen-bond donors (Lipinski definition) is 1. The largest absolute Gasteiger partial charge is 0.388 e. The van der Waals surface area contributed by atoms with E-state index in [2.05, 4.69) is 15.3 Å². The van der Waals surface area contributed by atoms with Crippen LogP contribution in [0.5, 0.6) is 0 Å². The first kappa shape index (κ1) is 14.2. The van der Waals surface area contributed by atoms with Crippen LogP contribution in [0.1, 0.15) is 23.1 Å². The van der Waals surface area contributed by atoms with E-state index in [0.717, 1.165) is 30.3 Å². The van der Waals surface area contributed by atoms with E-state index in [9.17, 15) is 5.11 Å². The van der Waals surface area contributed by atoms with Crippen molar-refractivity contribution < 1.29 is 9.84 Å². The van der Waals surface area contributed by atoms with Crippen LogP contribution in [0, 0.1) is 0 Å². The molecule has 1 saturated heterocycles. The molecule has 1 fully saturated rings. The second kappa shape index (κ2) is 6.78. The monoisotopic (exact) mass is 310 g/mol. The van der Waals surface area contributed by atoms with Gasteiger partial charge < -0.3 is 9.84 Å². The normalized spacial score (nSPS) is 21.9. The fourth-order valence-corrected chi connectivity index (χ4v) is 3.77. The topological polar surface area (TPSA) is 45.6 Å². The molecule has 0 aliphatic carbocycles. The Morgan fingerprint density at radius 3 is 3.25 bits per heavy atom. The van der Waals surface area contributed by atoms with Crippen LogP contribution in [0.4, 0.5) is 0 Å². The fraction of sp³-hybridized carbons (Fsp3) is 0.500. The summed E-state index contributed by atoms with van der Waals surface area (Å²) in [5.74, 6) is 0. The summed E-state index contributed by atoms with van der Waals surface area (Å²) in [6, 6.07) is 4.22. The lowest BCUT2D eigenvalue weighted by Gasteiger charge is -2.36. The Labute approximate surface area is 126 Å². The van der Waals surface area contributed by atoms with Crippen LogP contribution < -0.4 is 0 Å². The molecule has 2 aromatic rings. The highest BCUT2D eigenvalue weighted by Gasteiger charge is 2.26. The van der Waals surface area contributed by atoms with E-state index in [1.54, 1.807) is 22.7 Å². The van der Waals surface area contributed by atoms with Crippen molar-refractivity contribution in [2.45, 2.75) is 25.1 Å². The van der Waals surface area contributed by atoms with Crippen LogP contribution in [-0.4, -0.2) is 40.8 Å². The molecule has 0 aromatic carbocycles. The molecule has 1 N–H and O–H groups in total. The first-order chi connectivity index (χ1) is 9.83. The standard InChI is InChI=1S/C14H18N2O2S2/c17-13(14-2-1-5-20-14)6-12-8-18-4-3-16(12)7-11-9-19-10-15-11/h1-2,5,9-10,12-13,17H,3-4,6-8H2. The van der Waals surface area contributed by atoms with E-state index < -0.39 is 6.10 Å². The number of thiazole rings is 1. The van der Waals surface area contributed by atoms with Crippen molar-refractivity contribution in [2.75, 3.05) is 19.8 Å². The van der Waals surface area contributed by atoms with Gasteiger partial charge in [0.2, 0.25) is 0 Å². The van der Waals surface area contributed by atoms with Crippen molar-refractivity contribution in [3.63, 3.8) is 0 Å². The predicted molar refractivity (Wildman–Crippen MR) is 81.0 cm³/mol. The molecule has 1 aliphatic rings. The number of aliphatic hydroxyl groups excluding tert-OH is 1. The first-order valence-electron chi connectivity index (χ1n) is 6.73. The quantitative estimate of drug-likeness (QED) is 0.922. The Morgan fingerprint density at radius 2 is 2.50 bits per heavy atom. The van der Waals surface area contributed by atoms with Crippen LogP contribution in [0.2, 0.25) is 0 Å². The van der Waals surface area contributed by atoms with Crippen molar-refractivity contribution in [1.82, 2.24) is 9.88 Å². The number of thiophene rings is 1. The Bertz CT molecular complexity index is 501. The molecule has 6 heteroatoms. The second-order valence-corrected chi connectivity index (χ2v) is 6.64. The smallest absolute Gasteiger partial charge is 0.0897 e. The third-order valence-electron chi connectivity index (χ3n) is 3.56. The number of hydrogen-bond acceptors (Lipinski definition) is 6. The lowest BCUT2D eigenvalue weighted by atomic mass is 10.1. The SMILES string of the molecule is OC(CC1COCCN1Cc1cscn1)c1cccs1. The van der Waals surface area contributed by atoms with Crippen molar-refractivity contribution >= 4 is 22.7 Å². The number of nitrogens with zero attached hydrogens (tertiary/aromatic N) is 2. The van der Waals surface area contributed by atoms with Gasteiger partial charge in [-0.05, 0) is 17.9 Å². The highest BCUT2D eigenvalue weighted by atomic mass is 32.1. The van der Waals surface area contributed by atoms with Crippen LogP contribution in [0.25, 0.3) is 0 Å². The summed E-state index contributed by atoms with van der Waals surface area (Å²) in [6.45, 7) is 3.19. The van der Waals surface area contributed by atoms with Crippen molar-refractivity contribution in [3.8, 4) is 0 Å². The summed E-state index contributed by atoms with van der Waals surface area (Å²) >= 11 is 3.23. The zero-order valence-electron chi connectivity index (χ0n) is 11.1. The van der Waals surface area contributed by atoms with E-state index in [-0.39, 0.29) is 6.04 Å². The Kier molecular flexibility index (Phi) is 4.80. The maximum atomic E-state index is 10.3. The van der Waals surface area contributed by atoms with Gasteiger partial charge in [-0.2, -0.15) is 0 Å². The molecular weight excluding hydrogens is 292 g/mol. The molecule has 1 aliphatic heterocycles. The molecule has 0 amide bonds. The van der Waals surface area contributed by atoms with Gasteiger partial charge in [0.25, 0.3) is 0 Å². The Hall–Kier alpha value is -0.790. The van der Waals surface area contributed by atoms with Gasteiger partial charge in [-0.25, -0.2) is 4.98 Å². The van der Waals surface area contributed by atoms with E-state index >= 15 is 0 Å². The average Bonchev–Trinajstić information content (AvgIpc) is 3.13. The predicted octanol–water partition coefficient (Wildman–Crippen LogP) is 2.53. The van der Waals surface area contributed by atoms with E-state index in [1.165, 1.54) is 0 Å². The van der Waals surface area contributed by atoms with Crippen LogP contribution in [0.3, 0.4) is 0 Å². The van der Waals surface area contributed by atoms with Gasteiger partial charge in [0.1, 0.15) is 0 Å². The van der Waals surface area contributed by atoms with E-state index in [1.807, 2.05) is 23.0 Å². The summed E-state index contributed by atoms with van der Waals surface area (Å²) in [6.07, 6.45) is 0.310. The summed E-state index contributed by atoms with van der Waals surface area (Å²) in [5, 5.41) is 14.4. The fourth-order valence-electron chi connectivity index (χ4n) is 2.49. The molecule has 0 radical (unpaired) electrons. The van der Waals surface area contributed by atoms with Crippen LogP contribution in [0.15, 0.2) is 28.4 Å². The minimum absolute atomic E-state index is 0.252. The van der Waals surface area contributed by atoms with E-state index in [0.29, 0.717) is 13.0 Å². The molecule has 108 valence electrons. The van der Waals surface area contributed by atoms with Gasteiger partial charge in [-0.15, -0.1) is 22.7 Å². The minimum atomic E-state index is -0.403. The number of ether oxygens (including phenoxy) is 1. The lowest BCUT2D eigenvalue weighted by Crippen LogP contribution is -2.45. The molecule has 0 spiro atoms. The highest BCUT2D eigenvalue weighted by molar-refractivity contribution is 7.10. The van der Waals surface area contributed by atoms with Crippen molar-refractivity contribution in [3.05, 3.63) is 39.0 Å². The Balaban J connectivity index is 1.63. The highest BCUT2D eigenvalue weighted by Crippen LogP contribution is 2.26. The molecule has 3 heterocycles. The molecule has 4 nitrogen and oxygen atoms in total. The molecule has 20 heavy (non-hydrogen) atoms. The minimum Gasteiger partial charge on any atom is -0.388 e. The summed E-state index contributed by atoms with van der Waals surface area (Å²) < 4.78 is 5.58. The maximum Gasteiger partial charge on any atom is 0.0897 e. The first-order valence-corrected chi connectivity index (χ1v) is 8.55. The van der Waals surface area contributed by atoms with Gasteiger partial charge in [-0.3, -0.25) is 4.90 Å². The number of aromatic nitrogens is 1. The number of morpholine rings is 1. The van der Waals surface area contributed by atoms with Gasteiger partial charge in [0.15, 0.2) is 0 Å². The van der Waals surface area contributed by atoms with E-state index in [4.69, 9.17) is 4.74 Å². The lowest BCUT2D eigenvalue weighted by molar-refractivity contribution is -0.0300. The molecule has 2 unspecified atom stereocenters. The third-order valence-corrected chi connectivity index (χ3v) is 5.17. The zero-order valence-corrected chi connectivity index (χ0v) is 12.8. The molecule has 0 saturated carbocycles. The summed E-state index contributed by atoms with van der Waals surface area (Å²) in [7, 11) is 0.